The Hall–Kier alpha value is -1.42. The van der Waals surface area contributed by atoms with Gasteiger partial charge in [-0.15, -0.1) is 0 Å². The predicted octanol–water partition coefficient (Wildman–Crippen LogP) is 3.32. The van der Waals surface area contributed by atoms with Crippen molar-refractivity contribution in [3.63, 3.8) is 0 Å². The second-order valence-electron chi connectivity index (χ2n) is 6.73. The minimum absolute atomic E-state index is 0.218. The summed E-state index contributed by atoms with van der Waals surface area (Å²) >= 11 is 6.33. The highest BCUT2D eigenvalue weighted by Crippen LogP contribution is 2.39. The smallest absolute Gasteiger partial charge is 0.410 e. The van der Waals surface area contributed by atoms with Crippen molar-refractivity contribution in [1.29, 1.82) is 0 Å². The molecule has 1 aromatic carbocycles. The molecule has 0 radical (unpaired) electrons. The second-order valence-corrected chi connectivity index (χ2v) is 7.13. The molecule has 1 atom stereocenters. The minimum atomic E-state index is -0.448. The Labute approximate surface area is 130 Å². The van der Waals surface area contributed by atoms with Gasteiger partial charge in [0, 0.05) is 19.6 Å². The van der Waals surface area contributed by atoms with E-state index >= 15 is 0 Å². The van der Waals surface area contributed by atoms with Crippen LogP contribution < -0.4 is 4.90 Å². The second kappa shape index (κ2) is 5.09. The summed E-state index contributed by atoms with van der Waals surface area (Å²) in [6, 6.07) is 6.35. The number of piperazine rings is 1. The molecule has 3 rings (SSSR count). The number of hydrogen-bond donors (Lipinski definition) is 0. The van der Waals surface area contributed by atoms with E-state index in [1.807, 2.05) is 37.8 Å². The average molecular weight is 309 g/mol. The van der Waals surface area contributed by atoms with Crippen LogP contribution >= 0.6 is 11.6 Å². The maximum absolute atomic E-state index is 12.2. The average Bonchev–Trinajstić information content (AvgIpc) is 2.75. The number of halogens is 1. The zero-order chi connectivity index (χ0) is 15.2. The van der Waals surface area contributed by atoms with Crippen LogP contribution in [0.1, 0.15) is 26.3 Å². The van der Waals surface area contributed by atoms with Crippen LogP contribution in [-0.4, -0.2) is 42.3 Å². The summed E-state index contributed by atoms with van der Waals surface area (Å²) in [6.07, 6.45) is 0.721. The monoisotopic (exact) mass is 308 g/mol. The summed E-state index contributed by atoms with van der Waals surface area (Å²) in [4.78, 5) is 16.3. The van der Waals surface area contributed by atoms with Gasteiger partial charge in [0.15, 0.2) is 0 Å². The van der Waals surface area contributed by atoms with Crippen molar-refractivity contribution in [2.75, 3.05) is 24.5 Å². The first kappa shape index (κ1) is 14.5. The van der Waals surface area contributed by atoms with Crippen molar-refractivity contribution < 1.29 is 9.53 Å². The number of nitrogens with zero attached hydrogens (tertiary/aromatic N) is 2. The van der Waals surface area contributed by atoms with E-state index in [0.717, 1.165) is 23.7 Å². The maximum Gasteiger partial charge on any atom is 0.410 e. The Kier molecular flexibility index (Phi) is 3.52. The van der Waals surface area contributed by atoms with Crippen molar-refractivity contribution in [1.82, 2.24) is 4.90 Å². The zero-order valence-corrected chi connectivity index (χ0v) is 13.5. The third kappa shape index (κ3) is 2.82. The fourth-order valence-corrected chi connectivity index (χ4v) is 3.42. The van der Waals surface area contributed by atoms with E-state index in [1.54, 1.807) is 0 Å². The van der Waals surface area contributed by atoms with Gasteiger partial charge in [0.05, 0.1) is 16.8 Å². The highest BCUT2D eigenvalue weighted by atomic mass is 35.5. The first-order valence-electron chi connectivity index (χ1n) is 7.37. The number of para-hydroxylation sites is 1. The van der Waals surface area contributed by atoms with E-state index in [0.29, 0.717) is 19.1 Å². The van der Waals surface area contributed by atoms with Crippen molar-refractivity contribution >= 4 is 23.4 Å². The fourth-order valence-electron chi connectivity index (χ4n) is 3.12. The highest BCUT2D eigenvalue weighted by Gasteiger charge is 2.37. The van der Waals surface area contributed by atoms with Gasteiger partial charge >= 0.3 is 6.09 Å². The van der Waals surface area contributed by atoms with Gasteiger partial charge in [0.2, 0.25) is 0 Å². The number of amides is 1. The number of anilines is 1. The molecule has 21 heavy (non-hydrogen) atoms. The Morgan fingerprint density at radius 3 is 2.81 bits per heavy atom. The van der Waals surface area contributed by atoms with Crippen molar-refractivity contribution in [2.45, 2.75) is 38.8 Å². The summed E-state index contributed by atoms with van der Waals surface area (Å²) in [7, 11) is 0. The van der Waals surface area contributed by atoms with Crippen LogP contribution in [0.3, 0.4) is 0 Å². The van der Waals surface area contributed by atoms with Crippen molar-refractivity contribution in [2.24, 2.45) is 0 Å². The predicted molar refractivity (Wildman–Crippen MR) is 84.1 cm³/mol. The number of rotatable bonds is 0. The van der Waals surface area contributed by atoms with Gasteiger partial charge in [-0.25, -0.2) is 4.79 Å². The fraction of sp³-hybridized carbons (Fsp3) is 0.562. The van der Waals surface area contributed by atoms with E-state index in [9.17, 15) is 4.79 Å². The van der Waals surface area contributed by atoms with Crippen LogP contribution in [0, 0.1) is 0 Å². The number of benzene rings is 1. The van der Waals surface area contributed by atoms with Crippen LogP contribution in [0.2, 0.25) is 5.02 Å². The van der Waals surface area contributed by atoms with Gasteiger partial charge in [-0.3, -0.25) is 0 Å². The molecular formula is C16H21ClN2O2. The topological polar surface area (TPSA) is 32.8 Å². The van der Waals surface area contributed by atoms with Gasteiger partial charge in [-0.2, -0.15) is 0 Å². The highest BCUT2D eigenvalue weighted by molar-refractivity contribution is 6.33. The zero-order valence-electron chi connectivity index (χ0n) is 12.7. The van der Waals surface area contributed by atoms with E-state index in [2.05, 4.69) is 11.0 Å². The van der Waals surface area contributed by atoms with Crippen LogP contribution in [-0.2, 0) is 11.2 Å². The molecule has 0 saturated carbocycles. The summed E-state index contributed by atoms with van der Waals surface area (Å²) in [5, 5.41) is 0.806. The molecule has 1 unspecified atom stereocenters. The SMILES string of the molecule is CC(C)(C)OC(=O)N1CCN2c3c(Cl)cccc3CC2C1. The number of fused-ring (bicyclic) bond motifs is 3. The molecule has 2 heterocycles. The summed E-state index contributed by atoms with van der Waals surface area (Å²) in [5.41, 5.74) is 1.97. The van der Waals surface area contributed by atoms with Crippen molar-refractivity contribution in [3.05, 3.63) is 28.8 Å². The molecule has 0 N–H and O–H groups in total. The van der Waals surface area contributed by atoms with E-state index in [-0.39, 0.29) is 6.09 Å². The lowest BCUT2D eigenvalue weighted by atomic mass is 10.1. The molecule has 5 heteroatoms. The Balaban J connectivity index is 1.72. The largest absolute Gasteiger partial charge is 0.444 e. The number of carbonyl (C=O) groups is 1. The molecule has 2 aliphatic heterocycles. The molecule has 2 aliphatic rings. The molecule has 0 bridgehead atoms. The van der Waals surface area contributed by atoms with Crippen LogP contribution in [0.5, 0.6) is 0 Å². The van der Waals surface area contributed by atoms with E-state index in [4.69, 9.17) is 16.3 Å². The minimum Gasteiger partial charge on any atom is -0.444 e. The number of carbonyl (C=O) groups excluding carboxylic acids is 1. The molecule has 1 aromatic rings. The number of hydrogen-bond acceptors (Lipinski definition) is 3. The van der Waals surface area contributed by atoms with Crippen LogP contribution in [0.25, 0.3) is 0 Å². The quantitative estimate of drug-likeness (QED) is 0.737. The molecule has 1 fully saturated rings. The first-order valence-corrected chi connectivity index (χ1v) is 7.75. The lowest BCUT2D eigenvalue weighted by Crippen LogP contribution is -2.54. The van der Waals surface area contributed by atoms with Gasteiger partial charge in [-0.1, -0.05) is 23.7 Å². The molecule has 4 nitrogen and oxygen atoms in total. The van der Waals surface area contributed by atoms with Crippen molar-refractivity contribution in [3.8, 4) is 0 Å². The van der Waals surface area contributed by atoms with E-state index in [1.165, 1.54) is 5.56 Å². The molecule has 0 spiro atoms. The Morgan fingerprint density at radius 2 is 2.10 bits per heavy atom. The Morgan fingerprint density at radius 1 is 1.33 bits per heavy atom. The van der Waals surface area contributed by atoms with Crippen LogP contribution in [0.4, 0.5) is 10.5 Å². The third-order valence-electron chi connectivity index (χ3n) is 3.95. The molecule has 0 aromatic heterocycles. The van der Waals surface area contributed by atoms with E-state index < -0.39 is 5.60 Å². The molecule has 114 valence electrons. The van der Waals surface area contributed by atoms with Gasteiger partial charge in [0.25, 0.3) is 0 Å². The summed E-state index contributed by atoms with van der Waals surface area (Å²) in [6.45, 7) is 7.86. The van der Waals surface area contributed by atoms with Crippen LogP contribution in [0.15, 0.2) is 18.2 Å². The first-order chi connectivity index (χ1) is 9.85. The van der Waals surface area contributed by atoms with Gasteiger partial charge in [0.1, 0.15) is 5.60 Å². The summed E-state index contributed by atoms with van der Waals surface area (Å²) in [5.74, 6) is 0. The Bertz CT molecular complexity index is 568. The lowest BCUT2D eigenvalue weighted by molar-refractivity contribution is 0.0217. The lowest BCUT2D eigenvalue weighted by Gasteiger charge is -2.39. The third-order valence-corrected chi connectivity index (χ3v) is 4.25. The van der Waals surface area contributed by atoms with Gasteiger partial charge < -0.3 is 14.5 Å². The molecular weight excluding hydrogens is 288 g/mol. The molecule has 1 amide bonds. The molecule has 0 aliphatic carbocycles. The maximum atomic E-state index is 12.2. The number of ether oxygens (including phenoxy) is 1. The standard InChI is InChI=1S/C16H21ClN2O2/c1-16(2,3)21-15(20)18-7-8-19-12(10-18)9-11-5-4-6-13(17)14(11)19/h4-6,12H,7-10H2,1-3H3. The van der Waals surface area contributed by atoms with Gasteiger partial charge in [-0.05, 0) is 38.8 Å². The normalized spacial score (nSPS) is 21.0. The summed E-state index contributed by atoms with van der Waals surface area (Å²) < 4.78 is 5.47. The molecule has 1 saturated heterocycles.